The van der Waals surface area contributed by atoms with Crippen LogP contribution in [0.5, 0.6) is 11.5 Å². The highest BCUT2D eigenvalue weighted by Gasteiger charge is 2.23. The quantitative estimate of drug-likeness (QED) is 0.930. The number of amides is 1. The van der Waals surface area contributed by atoms with E-state index < -0.39 is 11.7 Å². The van der Waals surface area contributed by atoms with Gasteiger partial charge in [-0.1, -0.05) is 32.0 Å². The summed E-state index contributed by atoms with van der Waals surface area (Å²) < 4.78 is 24.9. The maximum Gasteiger partial charge on any atom is 0.254 e. The molecule has 0 aliphatic carbocycles. The van der Waals surface area contributed by atoms with Crippen molar-refractivity contribution in [1.29, 1.82) is 0 Å². The van der Waals surface area contributed by atoms with E-state index in [1.54, 1.807) is 12.1 Å². The van der Waals surface area contributed by atoms with Crippen LogP contribution in [0.15, 0.2) is 42.5 Å². The fraction of sp³-hybridized carbons (Fsp3) is 0.316. The highest BCUT2D eigenvalue weighted by Crippen LogP contribution is 2.34. The highest BCUT2D eigenvalue weighted by molar-refractivity contribution is 5.94. The van der Waals surface area contributed by atoms with Crippen LogP contribution in [0.25, 0.3) is 0 Å². The summed E-state index contributed by atoms with van der Waals surface area (Å²) in [5.41, 5.74) is 0.944. The molecule has 1 amide bonds. The zero-order valence-electron chi connectivity index (χ0n) is 13.7. The monoisotopic (exact) mass is 329 g/mol. The van der Waals surface area contributed by atoms with E-state index in [1.165, 1.54) is 12.1 Å². The largest absolute Gasteiger partial charge is 0.486 e. The summed E-state index contributed by atoms with van der Waals surface area (Å²) in [6.45, 7) is 5.04. The molecule has 0 aromatic heterocycles. The van der Waals surface area contributed by atoms with Crippen molar-refractivity contribution in [3.05, 3.63) is 59.4 Å². The molecular weight excluding hydrogens is 309 g/mol. The number of halogens is 1. The van der Waals surface area contributed by atoms with E-state index in [9.17, 15) is 9.18 Å². The van der Waals surface area contributed by atoms with Crippen molar-refractivity contribution >= 4 is 5.91 Å². The van der Waals surface area contributed by atoms with Crippen molar-refractivity contribution in [2.45, 2.75) is 19.9 Å². The molecule has 3 rings (SSSR count). The number of carbonyl (C=O) groups is 1. The van der Waals surface area contributed by atoms with Crippen molar-refractivity contribution in [3.8, 4) is 11.5 Å². The van der Waals surface area contributed by atoms with Crippen molar-refractivity contribution in [2.24, 2.45) is 5.92 Å². The maximum atomic E-state index is 13.8. The van der Waals surface area contributed by atoms with Gasteiger partial charge in [0.05, 0.1) is 11.6 Å². The predicted molar refractivity (Wildman–Crippen MR) is 88.9 cm³/mol. The Morgan fingerprint density at radius 3 is 2.50 bits per heavy atom. The van der Waals surface area contributed by atoms with Gasteiger partial charge in [-0.25, -0.2) is 4.39 Å². The van der Waals surface area contributed by atoms with Gasteiger partial charge in [-0.2, -0.15) is 0 Å². The number of nitrogens with one attached hydrogen (secondary N) is 1. The number of hydrogen-bond acceptors (Lipinski definition) is 3. The second kappa shape index (κ2) is 6.91. The molecule has 2 aromatic rings. The van der Waals surface area contributed by atoms with Crippen LogP contribution in [-0.4, -0.2) is 19.1 Å². The Bertz CT molecular complexity index is 745. The first-order valence-corrected chi connectivity index (χ1v) is 8.01. The number of carbonyl (C=O) groups excluding carboxylic acids is 1. The van der Waals surface area contributed by atoms with E-state index in [1.807, 2.05) is 32.0 Å². The lowest BCUT2D eigenvalue weighted by Gasteiger charge is -2.25. The SMILES string of the molecule is CC(C)[C@H](NC(=O)c1ccccc1F)c1ccc2c(c1)OCCO2. The van der Waals surface area contributed by atoms with Crippen LogP contribution in [0, 0.1) is 11.7 Å². The molecule has 1 heterocycles. The third kappa shape index (κ3) is 3.35. The molecule has 1 N–H and O–H groups in total. The molecule has 2 aromatic carbocycles. The molecule has 0 radical (unpaired) electrons. The number of hydrogen-bond donors (Lipinski definition) is 1. The predicted octanol–water partition coefficient (Wildman–Crippen LogP) is 3.72. The van der Waals surface area contributed by atoms with Crippen molar-refractivity contribution in [2.75, 3.05) is 13.2 Å². The van der Waals surface area contributed by atoms with E-state index in [2.05, 4.69) is 5.32 Å². The van der Waals surface area contributed by atoms with Crippen LogP contribution in [0.4, 0.5) is 4.39 Å². The lowest BCUT2D eigenvalue weighted by atomic mass is 9.95. The normalized spacial score (nSPS) is 14.3. The second-order valence-electron chi connectivity index (χ2n) is 6.08. The second-order valence-corrected chi connectivity index (χ2v) is 6.08. The first-order valence-electron chi connectivity index (χ1n) is 8.01. The summed E-state index contributed by atoms with van der Waals surface area (Å²) in [5.74, 6) is 0.544. The van der Waals surface area contributed by atoms with Gasteiger partial charge < -0.3 is 14.8 Å². The van der Waals surface area contributed by atoms with E-state index in [-0.39, 0.29) is 17.5 Å². The zero-order chi connectivity index (χ0) is 17.1. The van der Waals surface area contributed by atoms with Crippen molar-refractivity contribution in [1.82, 2.24) is 5.32 Å². The van der Waals surface area contributed by atoms with Gasteiger partial charge in [0.2, 0.25) is 0 Å². The molecule has 4 nitrogen and oxygen atoms in total. The van der Waals surface area contributed by atoms with Gasteiger partial charge in [0.25, 0.3) is 5.91 Å². The average molecular weight is 329 g/mol. The number of ether oxygens (including phenoxy) is 2. The Morgan fingerprint density at radius 1 is 1.08 bits per heavy atom. The minimum absolute atomic E-state index is 0.0423. The summed E-state index contributed by atoms with van der Waals surface area (Å²) in [6.07, 6.45) is 0. The fourth-order valence-electron chi connectivity index (χ4n) is 2.75. The van der Waals surface area contributed by atoms with Crippen LogP contribution in [-0.2, 0) is 0 Å². The van der Waals surface area contributed by atoms with Crippen LogP contribution in [0.1, 0.15) is 35.8 Å². The Labute approximate surface area is 140 Å². The molecule has 1 aliphatic heterocycles. The van der Waals surface area contributed by atoms with Crippen LogP contribution < -0.4 is 14.8 Å². The van der Waals surface area contributed by atoms with Gasteiger partial charge in [0.15, 0.2) is 11.5 Å². The van der Waals surface area contributed by atoms with Gasteiger partial charge in [-0.3, -0.25) is 4.79 Å². The Hall–Kier alpha value is -2.56. The summed E-state index contributed by atoms with van der Waals surface area (Å²) in [4.78, 5) is 12.4. The standard InChI is InChI=1S/C19H20FNO3/c1-12(2)18(21-19(22)14-5-3-4-6-15(14)20)13-7-8-16-17(11-13)24-10-9-23-16/h3-8,11-12,18H,9-10H2,1-2H3,(H,21,22)/t18-/m0/s1. The van der Waals surface area contributed by atoms with Crippen LogP contribution >= 0.6 is 0 Å². The Kier molecular flexibility index (Phi) is 4.69. The third-order valence-electron chi connectivity index (χ3n) is 4.00. The molecular formula is C19H20FNO3. The lowest BCUT2D eigenvalue weighted by Crippen LogP contribution is -2.32. The molecule has 1 atom stereocenters. The molecule has 24 heavy (non-hydrogen) atoms. The van der Waals surface area contributed by atoms with E-state index >= 15 is 0 Å². The maximum absolute atomic E-state index is 13.8. The Balaban J connectivity index is 1.85. The van der Waals surface area contributed by atoms with Gasteiger partial charge in [0, 0.05) is 0 Å². The number of fused-ring (bicyclic) bond motifs is 1. The summed E-state index contributed by atoms with van der Waals surface area (Å²) in [5, 5.41) is 2.92. The summed E-state index contributed by atoms with van der Waals surface area (Å²) in [6, 6.07) is 11.3. The first kappa shape index (κ1) is 16.3. The van der Waals surface area contributed by atoms with E-state index in [0.29, 0.717) is 24.7 Å². The molecule has 5 heteroatoms. The lowest BCUT2D eigenvalue weighted by molar-refractivity contribution is 0.0921. The first-order chi connectivity index (χ1) is 11.6. The third-order valence-corrected chi connectivity index (χ3v) is 4.00. The van der Waals surface area contributed by atoms with Gasteiger partial charge in [-0.15, -0.1) is 0 Å². The van der Waals surface area contributed by atoms with Crippen LogP contribution in [0.3, 0.4) is 0 Å². The Morgan fingerprint density at radius 2 is 1.79 bits per heavy atom. The molecule has 0 bridgehead atoms. The smallest absolute Gasteiger partial charge is 0.254 e. The van der Waals surface area contributed by atoms with Crippen LogP contribution in [0.2, 0.25) is 0 Å². The van der Waals surface area contributed by atoms with Gasteiger partial charge >= 0.3 is 0 Å². The average Bonchev–Trinajstić information content (AvgIpc) is 2.59. The minimum Gasteiger partial charge on any atom is -0.486 e. The number of benzene rings is 2. The number of rotatable bonds is 4. The molecule has 0 saturated carbocycles. The molecule has 0 unspecified atom stereocenters. The van der Waals surface area contributed by atoms with Crippen molar-refractivity contribution in [3.63, 3.8) is 0 Å². The van der Waals surface area contributed by atoms with Gasteiger partial charge in [0.1, 0.15) is 19.0 Å². The minimum atomic E-state index is -0.528. The topological polar surface area (TPSA) is 47.6 Å². The van der Waals surface area contributed by atoms with E-state index in [4.69, 9.17) is 9.47 Å². The fourth-order valence-corrected chi connectivity index (χ4v) is 2.75. The van der Waals surface area contributed by atoms with Gasteiger partial charge in [-0.05, 0) is 35.7 Å². The molecule has 0 saturated heterocycles. The summed E-state index contributed by atoms with van der Waals surface area (Å²) >= 11 is 0. The highest BCUT2D eigenvalue weighted by atomic mass is 19.1. The molecule has 0 fully saturated rings. The summed E-state index contributed by atoms with van der Waals surface area (Å²) in [7, 11) is 0. The molecule has 126 valence electrons. The molecule has 0 spiro atoms. The molecule has 1 aliphatic rings. The van der Waals surface area contributed by atoms with E-state index in [0.717, 1.165) is 5.56 Å². The zero-order valence-corrected chi connectivity index (χ0v) is 13.7. The van der Waals surface area contributed by atoms with Crippen molar-refractivity contribution < 1.29 is 18.7 Å².